The molecule has 0 saturated carbocycles. The summed E-state index contributed by atoms with van der Waals surface area (Å²) in [6, 6.07) is 12.7. The van der Waals surface area contributed by atoms with Crippen LogP contribution in [0, 0.1) is 0 Å². The molecule has 0 bridgehead atoms. The summed E-state index contributed by atoms with van der Waals surface area (Å²) < 4.78 is 0.985. The zero-order chi connectivity index (χ0) is 15.5. The number of nitrogens with zero attached hydrogens (tertiary/aromatic N) is 1. The third-order valence-electron chi connectivity index (χ3n) is 4.14. The summed E-state index contributed by atoms with van der Waals surface area (Å²) in [5, 5.41) is 3.04. The van der Waals surface area contributed by atoms with Gasteiger partial charge in [0.25, 0.3) is 5.91 Å². The Bertz CT molecular complexity index is 670. The highest BCUT2D eigenvalue weighted by molar-refractivity contribution is 9.11. The molecule has 3 nitrogen and oxygen atoms in total. The predicted octanol–water partition coefficient (Wildman–Crippen LogP) is 3.69. The zero-order valence-electron chi connectivity index (χ0n) is 12.5. The van der Waals surface area contributed by atoms with Gasteiger partial charge in [-0.2, -0.15) is 0 Å². The summed E-state index contributed by atoms with van der Waals surface area (Å²) in [6.45, 7) is 4.88. The van der Waals surface area contributed by atoms with E-state index in [1.54, 1.807) is 0 Å². The van der Waals surface area contributed by atoms with E-state index in [0.717, 1.165) is 28.2 Å². The van der Waals surface area contributed by atoms with Crippen molar-refractivity contribution in [1.29, 1.82) is 0 Å². The summed E-state index contributed by atoms with van der Waals surface area (Å²) in [7, 11) is 0. The van der Waals surface area contributed by atoms with Crippen molar-refractivity contribution in [3.8, 4) is 0 Å². The van der Waals surface area contributed by atoms with Crippen LogP contribution in [-0.4, -0.2) is 29.9 Å². The normalized spacial score (nSPS) is 16.1. The topological polar surface area (TPSA) is 32.3 Å². The first-order valence-electron chi connectivity index (χ1n) is 7.48. The second-order valence-corrected chi connectivity index (χ2v) is 8.12. The second-order valence-electron chi connectivity index (χ2n) is 5.65. The fraction of sp³-hybridized carbons (Fsp3) is 0.353. The molecule has 1 amide bonds. The van der Waals surface area contributed by atoms with Crippen molar-refractivity contribution < 1.29 is 4.79 Å². The van der Waals surface area contributed by atoms with Crippen LogP contribution in [0.15, 0.2) is 40.2 Å². The molecule has 0 fully saturated rings. The SMILES string of the molecule is C[C@H](CNC(=O)c1ccc(Br)s1)N1CCc2ccccc2C1. The molecule has 2 aromatic rings. The molecule has 0 aliphatic carbocycles. The summed E-state index contributed by atoms with van der Waals surface area (Å²) in [5.74, 6) is 0.0139. The lowest BCUT2D eigenvalue weighted by molar-refractivity contribution is 0.0936. The van der Waals surface area contributed by atoms with E-state index in [-0.39, 0.29) is 5.91 Å². The van der Waals surface area contributed by atoms with Gasteiger partial charge in [0.1, 0.15) is 0 Å². The number of carbonyl (C=O) groups excluding carboxylic acids is 1. The zero-order valence-corrected chi connectivity index (χ0v) is 14.9. The quantitative estimate of drug-likeness (QED) is 0.879. The summed E-state index contributed by atoms with van der Waals surface area (Å²) >= 11 is 4.85. The number of amides is 1. The van der Waals surface area contributed by atoms with Gasteiger partial charge in [-0.25, -0.2) is 0 Å². The van der Waals surface area contributed by atoms with E-state index < -0.39 is 0 Å². The first-order valence-corrected chi connectivity index (χ1v) is 9.09. The molecule has 0 unspecified atom stereocenters. The monoisotopic (exact) mass is 378 g/mol. The van der Waals surface area contributed by atoms with E-state index in [2.05, 4.69) is 57.3 Å². The minimum absolute atomic E-state index is 0.0139. The maximum Gasteiger partial charge on any atom is 0.261 e. The Kier molecular flexibility index (Phi) is 4.96. The van der Waals surface area contributed by atoms with Crippen molar-refractivity contribution in [1.82, 2.24) is 10.2 Å². The third-order valence-corrected chi connectivity index (χ3v) is 5.76. The van der Waals surface area contributed by atoms with E-state index in [4.69, 9.17) is 0 Å². The lowest BCUT2D eigenvalue weighted by atomic mass is 9.99. The van der Waals surface area contributed by atoms with Gasteiger partial charge in [-0.15, -0.1) is 11.3 Å². The highest BCUT2D eigenvalue weighted by Crippen LogP contribution is 2.22. The van der Waals surface area contributed by atoms with Crippen LogP contribution in [0.4, 0.5) is 0 Å². The Labute approximate surface area is 143 Å². The molecule has 22 heavy (non-hydrogen) atoms. The average Bonchev–Trinajstić information content (AvgIpc) is 2.98. The van der Waals surface area contributed by atoms with Crippen LogP contribution in [0.5, 0.6) is 0 Å². The Morgan fingerprint density at radius 1 is 1.32 bits per heavy atom. The number of hydrogen-bond donors (Lipinski definition) is 1. The Hall–Kier alpha value is -1.17. The van der Waals surface area contributed by atoms with Gasteiger partial charge in [0.2, 0.25) is 0 Å². The molecular formula is C17H19BrN2OS. The van der Waals surface area contributed by atoms with Crippen molar-refractivity contribution in [2.75, 3.05) is 13.1 Å². The number of halogens is 1. The van der Waals surface area contributed by atoms with Crippen molar-refractivity contribution in [3.05, 3.63) is 56.2 Å². The number of hydrogen-bond acceptors (Lipinski definition) is 3. The molecule has 0 saturated heterocycles. The molecule has 1 aromatic heterocycles. The smallest absolute Gasteiger partial charge is 0.261 e. The summed E-state index contributed by atoms with van der Waals surface area (Å²) in [4.78, 5) is 15.3. The van der Waals surface area contributed by atoms with Gasteiger partial charge in [-0.05, 0) is 52.5 Å². The number of rotatable bonds is 4. The van der Waals surface area contributed by atoms with Crippen LogP contribution in [0.2, 0.25) is 0 Å². The molecule has 3 rings (SSSR count). The van der Waals surface area contributed by atoms with Crippen LogP contribution >= 0.6 is 27.3 Å². The first-order chi connectivity index (χ1) is 10.6. The van der Waals surface area contributed by atoms with Crippen LogP contribution in [-0.2, 0) is 13.0 Å². The molecule has 5 heteroatoms. The molecule has 1 aliphatic heterocycles. The van der Waals surface area contributed by atoms with Crippen LogP contribution in [0.25, 0.3) is 0 Å². The van der Waals surface area contributed by atoms with Gasteiger partial charge in [-0.3, -0.25) is 9.69 Å². The summed E-state index contributed by atoms with van der Waals surface area (Å²) in [5.41, 5.74) is 2.87. The lowest BCUT2D eigenvalue weighted by Gasteiger charge is -2.33. The maximum absolute atomic E-state index is 12.1. The van der Waals surface area contributed by atoms with Gasteiger partial charge < -0.3 is 5.32 Å². The van der Waals surface area contributed by atoms with Crippen molar-refractivity contribution >= 4 is 33.2 Å². The van der Waals surface area contributed by atoms with E-state index in [1.807, 2.05) is 12.1 Å². The average molecular weight is 379 g/mol. The fourth-order valence-electron chi connectivity index (χ4n) is 2.79. The fourth-order valence-corrected chi connectivity index (χ4v) is 4.09. The van der Waals surface area contributed by atoms with Crippen molar-refractivity contribution in [2.45, 2.75) is 25.9 Å². The molecule has 1 aliphatic rings. The maximum atomic E-state index is 12.1. The molecular weight excluding hydrogens is 360 g/mol. The second kappa shape index (κ2) is 6.94. The predicted molar refractivity (Wildman–Crippen MR) is 94.4 cm³/mol. The Morgan fingerprint density at radius 3 is 2.82 bits per heavy atom. The van der Waals surface area contributed by atoms with Gasteiger partial charge in [0, 0.05) is 25.7 Å². The number of carbonyl (C=O) groups is 1. The molecule has 2 heterocycles. The number of benzene rings is 1. The van der Waals surface area contributed by atoms with Crippen molar-refractivity contribution in [2.24, 2.45) is 0 Å². The standard InChI is InChI=1S/C17H19BrN2OS/c1-12(10-19-17(21)15-6-7-16(18)22-15)20-9-8-13-4-2-3-5-14(13)11-20/h2-7,12H,8-11H2,1H3,(H,19,21)/t12-/m1/s1. The highest BCUT2D eigenvalue weighted by Gasteiger charge is 2.21. The lowest BCUT2D eigenvalue weighted by Crippen LogP contribution is -2.44. The number of fused-ring (bicyclic) bond motifs is 1. The van der Waals surface area contributed by atoms with Gasteiger partial charge in [-0.1, -0.05) is 24.3 Å². The van der Waals surface area contributed by atoms with Crippen molar-refractivity contribution in [3.63, 3.8) is 0 Å². The van der Waals surface area contributed by atoms with Crippen LogP contribution < -0.4 is 5.32 Å². The number of thiophene rings is 1. The summed E-state index contributed by atoms with van der Waals surface area (Å²) in [6.07, 6.45) is 1.09. The third kappa shape index (κ3) is 3.59. The minimum Gasteiger partial charge on any atom is -0.350 e. The Balaban J connectivity index is 1.55. The first kappa shape index (κ1) is 15.7. The highest BCUT2D eigenvalue weighted by atomic mass is 79.9. The van der Waals surface area contributed by atoms with Crippen LogP contribution in [0.3, 0.4) is 0 Å². The van der Waals surface area contributed by atoms with E-state index in [1.165, 1.54) is 22.5 Å². The largest absolute Gasteiger partial charge is 0.350 e. The van der Waals surface area contributed by atoms with Gasteiger partial charge in [0.15, 0.2) is 0 Å². The van der Waals surface area contributed by atoms with E-state index in [9.17, 15) is 4.79 Å². The van der Waals surface area contributed by atoms with E-state index in [0.29, 0.717) is 12.6 Å². The van der Waals surface area contributed by atoms with E-state index >= 15 is 0 Å². The minimum atomic E-state index is 0.0139. The molecule has 1 atom stereocenters. The van der Waals surface area contributed by atoms with Gasteiger partial charge in [0.05, 0.1) is 8.66 Å². The Morgan fingerprint density at radius 2 is 2.09 bits per heavy atom. The molecule has 0 radical (unpaired) electrons. The number of nitrogens with one attached hydrogen (secondary N) is 1. The molecule has 1 aromatic carbocycles. The van der Waals surface area contributed by atoms with Gasteiger partial charge >= 0.3 is 0 Å². The molecule has 0 spiro atoms. The van der Waals surface area contributed by atoms with Crippen LogP contribution in [0.1, 0.15) is 27.7 Å². The molecule has 1 N–H and O–H groups in total. The molecule has 116 valence electrons.